The van der Waals surface area contributed by atoms with Gasteiger partial charge in [0.2, 0.25) is 5.91 Å². The van der Waals surface area contributed by atoms with Crippen LogP contribution in [0, 0.1) is 11.3 Å². The van der Waals surface area contributed by atoms with Gasteiger partial charge in [-0.15, -0.1) is 11.3 Å². The van der Waals surface area contributed by atoms with Crippen LogP contribution in [0.15, 0.2) is 17.5 Å². The molecule has 1 spiro atoms. The van der Waals surface area contributed by atoms with Crippen molar-refractivity contribution in [2.75, 3.05) is 33.4 Å². The van der Waals surface area contributed by atoms with Crippen LogP contribution < -0.4 is 5.32 Å². The molecule has 3 heterocycles. The summed E-state index contributed by atoms with van der Waals surface area (Å²) in [6.07, 6.45) is -2.91. The number of carboxylic acids is 1. The largest absolute Gasteiger partial charge is 0.490 e. The molecular formula is C17H23F3N2O4S. The number of nitrogens with zero attached hydrogens (tertiary/aromatic N) is 1. The third-order valence-corrected chi connectivity index (χ3v) is 5.92. The third-order valence-electron chi connectivity index (χ3n) is 5.06. The minimum atomic E-state index is -5.08. The Morgan fingerprint density at radius 1 is 1.44 bits per heavy atom. The van der Waals surface area contributed by atoms with Crippen molar-refractivity contribution in [2.24, 2.45) is 11.3 Å². The van der Waals surface area contributed by atoms with E-state index >= 15 is 0 Å². The Kier molecular flexibility index (Phi) is 7.24. The van der Waals surface area contributed by atoms with Gasteiger partial charge in [0.1, 0.15) is 0 Å². The molecule has 27 heavy (non-hydrogen) atoms. The Balaban J connectivity index is 0.000000321. The van der Waals surface area contributed by atoms with E-state index in [1.54, 1.807) is 7.11 Å². The number of hydrogen-bond donors (Lipinski definition) is 2. The maximum absolute atomic E-state index is 12.0. The summed E-state index contributed by atoms with van der Waals surface area (Å²) in [7, 11) is 1.69. The molecule has 152 valence electrons. The van der Waals surface area contributed by atoms with Gasteiger partial charge in [0.25, 0.3) is 0 Å². The van der Waals surface area contributed by atoms with Crippen LogP contribution in [0.2, 0.25) is 0 Å². The van der Waals surface area contributed by atoms with Crippen molar-refractivity contribution in [1.82, 2.24) is 10.2 Å². The number of carbonyl (C=O) groups excluding carboxylic acids is 1. The van der Waals surface area contributed by atoms with E-state index in [1.807, 2.05) is 11.3 Å². The highest BCUT2D eigenvalue weighted by molar-refractivity contribution is 7.09. The molecule has 3 rings (SSSR count). The van der Waals surface area contributed by atoms with Gasteiger partial charge in [-0.25, -0.2) is 4.79 Å². The summed E-state index contributed by atoms with van der Waals surface area (Å²) in [5.41, 5.74) is 0.124. The van der Waals surface area contributed by atoms with Crippen molar-refractivity contribution < 1.29 is 32.6 Å². The average Bonchev–Trinajstić information content (AvgIpc) is 3.21. The second-order valence-corrected chi connectivity index (χ2v) is 7.78. The molecule has 0 saturated carbocycles. The van der Waals surface area contributed by atoms with Crippen LogP contribution >= 0.6 is 11.3 Å². The van der Waals surface area contributed by atoms with E-state index in [9.17, 15) is 18.0 Å². The fraction of sp³-hybridized carbons (Fsp3) is 0.647. The molecule has 6 nitrogen and oxygen atoms in total. The average molecular weight is 408 g/mol. The summed E-state index contributed by atoms with van der Waals surface area (Å²) in [5, 5.41) is 12.3. The number of amides is 1. The van der Waals surface area contributed by atoms with Gasteiger partial charge in [-0.1, -0.05) is 6.07 Å². The van der Waals surface area contributed by atoms with Gasteiger partial charge in [-0.05, 0) is 37.4 Å². The van der Waals surface area contributed by atoms with Crippen LogP contribution in [0.25, 0.3) is 0 Å². The molecule has 0 bridgehead atoms. The van der Waals surface area contributed by atoms with Crippen LogP contribution in [0.3, 0.4) is 0 Å². The zero-order valence-corrected chi connectivity index (χ0v) is 15.7. The van der Waals surface area contributed by atoms with Gasteiger partial charge in [0.05, 0.1) is 12.5 Å². The lowest BCUT2D eigenvalue weighted by molar-refractivity contribution is -0.192. The fourth-order valence-electron chi connectivity index (χ4n) is 3.51. The number of aliphatic carboxylic acids is 1. The van der Waals surface area contributed by atoms with Crippen molar-refractivity contribution in [3.63, 3.8) is 0 Å². The number of likely N-dealkylation sites (tertiary alicyclic amines) is 1. The highest BCUT2D eigenvalue weighted by atomic mass is 32.1. The van der Waals surface area contributed by atoms with E-state index in [0.29, 0.717) is 6.61 Å². The first kappa shape index (κ1) is 21.6. The highest BCUT2D eigenvalue weighted by Gasteiger charge is 2.49. The smallest absolute Gasteiger partial charge is 0.475 e. The van der Waals surface area contributed by atoms with E-state index in [-0.39, 0.29) is 17.2 Å². The van der Waals surface area contributed by atoms with Gasteiger partial charge >= 0.3 is 12.1 Å². The predicted octanol–water partition coefficient (Wildman–Crippen LogP) is 2.36. The standard InChI is InChI=1S/C15H22N2O2S.C2HF3O2/c1-19-10-13-14(18)16-11-15(13)4-6-17(7-5-15)9-12-3-2-8-20-12;3-2(4,5)1(6)7/h2-3,8,13H,4-7,9-11H2,1H3,(H,16,18);(H,6,7). The molecule has 1 amide bonds. The molecule has 0 radical (unpaired) electrons. The van der Waals surface area contributed by atoms with Crippen LogP contribution in [-0.4, -0.2) is 61.4 Å². The molecule has 2 N–H and O–H groups in total. The lowest BCUT2D eigenvalue weighted by Gasteiger charge is -2.41. The van der Waals surface area contributed by atoms with E-state index < -0.39 is 12.1 Å². The number of carboxylic acid groups (broad SMARTS) is 1. The van der Waals surface area contributed by atoms with Crippen molar-refractivity contribution in [3.05, 3.63) is 22.4 Å². The Hall–Kier alpha value is -1.65. The molecule has 0 aromatic carbocycles. The summed E-state index contributed by atoms with van der Waals surface area (Å²) in [4.78, 5) is 24.8. The minimum absolute atomic E-state index is 0.0383. The first-order valence-electron chi connectivity index (χ1n) is 8.49. The third kappa shape index (κ3) is 5.66. The van der Waals surface area contributed by atoms with Crippen molar-refractivity contribution in [1.29, 1.82) is 0 Å². The quantitative estimate of drug-likeness (QED) is 0.800. The molecule has 2 aliphatic rings. The number of alkyl halides is 3. The summed E-state index contributed by atoms with van der Waals surface area (Å²) in [6, 6.07) is 4.31. The molecule has 1 atom stereocenters. The number of rotatable bonds is 4. The van der Waals surface area contributed by atoms with E-state index in [4.69, 9.17) is 14.6 Å². The van der Waals surface area contributed by atoms with E-state index in [0.717, 1.165) is 39.0 Å². The number of halogens is 3. The van der Waals surface area contributed by atoms with Gasteiger partial charge in [-0.3, -0.25) is 9.69 Å². The topological polar surface area (TPSA) is 78.9 Å². The summed E-state index contributed by atoms with van der Waals surface area (Å²) >= 11 is 1.82. The van der Waals surface area contributed by atoms with Gasteiger partial charge < -0.3 is 15.2 Å². The lowest BCUT2D eigenvalue weighted by atomic mass is 9.71. The molecule has 1 unspecified atom stereocenters. The van der Waals surface area contributed by atoms with E-state index in [1.165, 1.54) is 4.88 Å². The first-order chi connectivity index (χ1) is 12.7. The zero-order chi connectivity index (χ0) is 20.1. The van der Waals surface area contributed by atoms with Crippen molar-refractivity contribution in [2.45, 2.75) is 25.6 Å². The monoisotopic (exact) mass is 408 g/mol. The number of thiophene rings is 1. The maximum Gasteiger partial charge on any atom is 0.490 e. The molecule has 1 aromatic rings. The SMILES string of the molecule is COCC1C(=O)NCC12CCN(Cc1cccs1)CC2.O=C(O)C(F)(F)F. The number of nitrogens with one attached hydrogen (secondary N) is 1. The number of hydrogen-bond acceptors (Lipinski definition) is 5. The summed E-state index contributed by atoms with van der Waals surface area (Å²) in [5.74, 6) is -2.54. The molecule has 2 aliphatic heterocycles. The molecule has 2 fully saturated rings. The first-order valence-corrected chi connectivity index (χ1v) is 9.37. The number of methoxy groups -OCH3 is 1. The molecule has 0 aliphatic carbocycles. The second-order valence-electron chi connectivity index (χ2n) is 6.75. The summed E-state index contributed by atoms with van der Waals surface area (Å²) < 4.78 is 37.0. The highest BCUT2D eigenvalue weighted by Crippen LogP contribution is 2.42. The number of carbonyl (C=O) groups is 2. The van der Waals surface area contributed by atoms with E-state index in [2.05, 4.69) is 27.7 Å². The Bertz CT molecular complexity index is 629. The van der Waals surface area contributed by atoms with Crippen molar-refractivity contribution >= 4 is 23.2 Å². The summed E-state index contributed by atoms with van der Waals surface area (Å²) in [6.45, 7) is 4.58. The lowest BCUT2D eigenvalue weighted by Crippen LogP contribution is -2.45. The Labute approximate surface area is 159 Å². The van der Waals surface area contributed by atoms with Crippen LogP contribution in [0.4, 0.5) is 13.2 Å². The Morgan fingerprint density at radius 2 is 2.07 bits per heavy atom. The normalized spacial score (nSPS) is 22.2. The maximum atomic E-state index is 12.0. The number of piperidine rings is 1. The van der Waals surface area contributed by atoms with Crippen LogP contribution in [-0.2, 0) is 20.9 Å². The molecule has 1 aromatic heterocycles. The molecule has 2 saturated heterocycles. The van der Waals surface area contributed by atoms with Crippen LogP contribution in [0.5, 0.6) is 0 Å². The number of ether oxygens (including phenoxy) is 1. The minimum Gasteiger partial charge on any atom is -0.475 e. The van der Waals surface area contributed by atoms with Gasteiger partial charge in [0, 0.05) is 30.5 Å². The second kappa shape index (κ2) is 9.03. The predicted molar refractivity (Wildman–Crippen MR) is 93.3 cm³/mol. The van der Waals surface area contributed by atoms with Crippen LogP contribution in [0.1, 0.15) is 17.7 Å². The Morgan fingerprint density at radius 3 is 2.56 bits per heavy atom. The zero-order valence-electron chi connectivity index (χ0n) is 14.9. The molecule has 10 heteroatoms. The van der Waals surface area contributed by atoms with Gasteiger partial charge in [0.15, 0.2) is 0 Å². The fourth-order valence-corrected chi connectivity index (χ4v) is 4.26. The van der Waals surface area contributed by atoms with Gasteiger partial charge in [-0.2, -0.15) is 13.2 Å². The molecular weight excluding hydrogens is 385 g/mol. The van der Waals surface area contributed by atoms with Crippen molar-refractivity contribution in [3.8, 4) is 0 Å².